The predicted octanol–water partition coefficient (Wildman–Crippen LogP) is 4.74. The van der Waals surface area contributed by atoms with Crippen molar-refractivity contribution in [3.63, 3.8) is 0 Å². The highest BCUT2D eigenvalue weighted by Gasteiger charge is 2.29. The number of rotatable bonds is 5. The van der Waals surface area contributed by atoms with E-state index in [-0.39, 0.29) is 6.10 Å². The van der Waals surface area contributed by atoms with Crippen molar-refractivity contribution in [1.29, 1.82) is 0 Å². The normalized spacial score (nSPS) is 20.2. The average Bonchev–Trinajstić information content (AvgIpc) is 2.54. The molecule has 0 bridgehead atoms. The summed E-state index contributed by atoms with van der Waals surface area (Å²) >= 11 is 0. The molecule has 0 saturated carbocycles. The summed E-state index contributed by atoms with van der Waals surface area (Å²) in [5.74, 6) is 2.01. The van der Waals surface area contributed by atoms with Crippen LogP contribution in [0, 0.1) is 5.92 Å². The second-order valence-corrected chi connectivity index (χ2v) is 6.18. The molecule has 116 valence electrons. The Kier molecular flexibility index (Phi) is 4.67. The van der Waals surface area contributed by atoms with Gasteiger partial charge in [0.05, 0.1) is 0 Å². The lowest BCUT2D eigenvalue weighted by atomic mass is 9.84. The maximum Gasteiger partial charge on any atom is 0.122 e. The number of ether oxygens (including phenoxy) is 1. The lowest BCUT2D eigenvalue weighted by molar-refractivity contribution is 0.0986. The Hall–Kier alpha value is -1.96. The molecule has 0 spiro atoms. The zero-order valence-electron chi connectivity index (χ0n) is 13.2. The predicted molar refractivity (Wildman–Crippen MR) is 89.4 cm³/mol. The molecule has 0 fully saturated rings. The molecule has 2 nitrogen and oxygen atoms in total. The highest BCUT2D eigenvalue weighted by Crippen LogP contribution is 2.35. The van der Waals surface area contributed by atoms with Gasteiger partial charge in [-0.2, -0.15) is 0 Å². The minimum Gasteiger partial charge on any atom is -0.508 e. The summed E-state index contributed by atoms with van der Waals surface area (Å²) in [6.07, 6.45) is 5.55. The molecule has 1 heterocycles. The molecule has 0 aromatic heterocycles. The minimum atomic E-state index is 0.245. The Morgan fingerprint density at radius 3 is 2.64 bits per heavy atom. The van der Waals surface area contributed by atoms with Crippen LogP contribution < -0.4 is 4.74 Å². The first-order chi connectivity index (χ1) is 10.8. The van der Waals surface area contributed by atoms with Crippen LogP contribution in [0.2, 0.25) is 0 Å². The second-order valence-electron chi connectivity index (χ2n) is 6.18. The van der Waals surface area contributed by atoms with Crippen LogP contribution in [0.4, 0.5) is 0 Å². The molecule has 0 saturated heterocycles. The molecule has 3 rings (SSSR count). The van der Waals surface area contributed by atoms with Gasteiger partial charge in [-0.05, 0) is 54.9 Å². The van der Waals surface area contributed by atoms with Gasteiger partial charge in [0, 0.05) is 0 Å². The first-order valence-corrected chi connectivity index (χ1v) is 8.29. The fourth-order valence-electron chi connectivity index (χ4n) is 3.43. The largest absolute Gasteiger partial charge is 0.508 e. The van der Waals surface area contributed by atoms with E-state index in [2.05, 4.69) is 25.1 Å². The van der Waals surface area contributed by atoms with Gasteiger partial charge in [-0.3, -0.25) is 0 Å². The number of hydrogen-bond donors (Lipinski definition) is 1. The number of fused-ring (bicyclic) bond motifs is 1. The molecule has 0 amide bonds. The van der Waals surface area contributed by atoms with E-state index in [4.69, 9.17) is 4.74 Å². The zero-order valence-corrected chi connectivity index (χ0v) is 13.2. The van der Waals surface area contributed by atoms with Crippen LogP contribution in [0.25, 0.3) is 0 Å². The van der Waals surface area contributed by atoms with E-state index in [1.807, 2.05) is 24.3 Å². The van der Waals surface area contributed by atoms with Crippen LogP contribution in [-0.2, 0) is 12.8 Å². The number of para-hydroxylation sites is 2. The molecule has 2 atom stereocenters. The Bertz CT molecular complexity index is 621. The van der Waals surface area contributed by atoms with Crippen LogP contribution in [-0.4, -0.2) is 11.2 Å². The lowest BCUT2D eigenvalue weighted by Gasteiger charge is -2.34. The Balaban J connectivity index is 1.72. The van der Waals surface area contributed by atoms with Crippen LogP contribution in [0.5, 0.6) is 11.5 Å². The fourth-order valence-corrected chi connectivity index (χ4v) is 3.43. The Morgan fingerprint density at radius 2 is 1.82 bits per heavy atom. The van der Waals surface area contributed by atoms with E-state index >= 15 is 0 Å². The van der Waals surface area contributed by atoms with Crippen molar-refractivity contribution in [2.45, 2.75) is 45.1 Å². The van der Waals surface area contributed by atoms with E-state index < -0.39 is 0 Å². The third-order valence-corrected chi connectivity index (χ3v) is 4.61. The summed E-state index contributed by atoms with van der Waals surface area (Å²) in [5, 5.41) is 9.93. The quantitative estimate of drug-likeness (QED) is 0.863. The average molecular weight is 296 g/mol. The van der Waals surface area contributed by atoms with Crippen molar-refractivity contribution in [3.05, 3.63) is 59.7 Å². The lowest BCUT2D eigenvalue weighted by Crippen LogP contribution is -2.33. The van der Waals surface area contributed by atoms with Crippen molar-refractivity contribution < 1.29 is 9.84 Å². The monoisotopic (exact) mass is 296 g/mol. The number of hydrogen-bond acceptors (Lipinski definition) is 2. The summed E-state index contributed by atoms with van der Waals surface area (Å²) in [6.45, 7) is 2.24. The van der Waals surface area contributed by atoms with Gasteiger partial charge in [0.25, 0.3) is 0 Å². The van der Waals surface area contributed by atoms with E-state index in [1.54, 1.807) is 6.07 Å². The van der Waals surface area contributed by atoms with Crippen molar-refractivity contribution in [2.75, 3.05) is 0 Å². The molecule has 1 aliphatic rings. The summed E-state index contributed by atoms with van der Waals surface area (Å²) in [6, 6.07) is 16.0. The van der Waals surface area contributed by atoms with Gasteiger partial charge in [-0.15, -0.1) is 0 Å². The zero-order chi connectivity index (χ0) is 15.4. The van der Waals surface area contributed by atoms with E-state index in [1.165, 1.54) is 18.4 Å². The van der Waals surface area contributed by atoms with Gasteiger partial charge in [-0.25, -0.2) is 0 Å². The third kappa shape index (κ3) is 3.27. The SMILES string of the molecule is CCCC1Cc2ccccc2OC1CCc1ccccc1O. The first kappa shape index (κ1) is 15.0. The van der Waals surface area contributed by atoms with E-state index in [9.17, 15) is 5.11 Å². The van der Waals surface area contributed by atoms with Gasteiger partial charge < -0.3 is 9.84 Å². The van der Waals surface area contributed by atoms with Crippen LogP contribution in [0.1, 0.15) is 37.3 Å². The van der Waals surface area contributed by atoms with Crippen LogP contribution >= 0.6 is 0 Å². The van der Waals surface area contributed by atoms with Crippen molar-refractivity contribution in [2.24, 2.45) is 5.92 Å². The summed E-state index contributed by atoms with van der Waals surface area (Å²) in [7, 11) is 0. The van der Waals surface area contributed by atoms with Crippen LogP contribution in [0.15, 0.2) is 48.5 Å². The molecule has 2 unspecified atom stereocenters. The fraction of sp³-hybridized carbons (Fsp3) is 0.400. The topological polar surface area (TPSA) is 29.5 Å². The standard InChI is InChI=1S/C20H24O2/c1-2-7-16-14-17-9-4-6-11-19(17)22-20(16)13-12-15-8-3-5-10-18(15)21/h3-6,8-11,16,20-21H,2,7,12-14H2,1H3. The summed E-state index contributed by atoms with van der Waals surface area (Å²) in [5.41, 5.74) is 2.35. The van der Waals surface area contributed by atoms with Crippen molar-refractivity contribution in [1.82, 2.24) is 0 Å². The minimum absolute atomic E-state index is 0.245. The van der Waals surface area contributed by atoms with Gasteiger partial charge in [0.1, 0.15) is 17.6 Å². The molecule has 2 aromatic carbocycles. The number of aromatic hydroxyl groups is 1. The number of phenols is 1. The molecule has 2 heteroatoms. The highest BCUT2D eigenvalue weighted by molar-refractivity contribution is 5.36. The third-order valence-electron chi connectivity index (χ3n) is 4.61. The smallest absolute Gasteiger partial charge is 0.122 e. The molecule has 1 aliphatic heterocycles. The van der Waals surface area contributed by atoms with Gasteiger partial charge in [-0.1, -0.05) is 49.7 Å². The Labute approximate surface area is 132 Å². The highest BCUT2D eigenvalue weighted by atomic mass is 16.5. The molecular weight excluding hydrogens is 272 g/mol. The molecule has 22 heavy (non-hydrogen) atoms. The molecule has 0 aliphatic carbocycles. The van der Waals surface area contributed by atoms with Gasteiger partial charge in [0.15, 0.2) is 0 Å². The first-order valence-electron chi connectivity index (χ1n) is 8.29. The number of aryl methyl sites for hydroxylation is 1. The molecule has 1 N–H and O–H groups in total. The van der Waals surface area contributed by atoms with E-state index in [0.29, 0.717) is 11.7 Å². The van der Waals surface area contributed by atoms with Crippen LogP contribution in [0.3, 0.4) is 0 Å². The van der Waals surface area contributed by atoms with Gasteiger partial charge >= 0.3 is 0 Å². The molecule has 0 radical (unpaired) electrons. The molecule has 2 aromatic rings. The van der Waals surface area contributed by atoms with E-state index in [0.717, 1.165) is 30.6 Å². The maximum absolute atomic E-state index is 9.93. The summed E-state index contributed by atoms with van der Waals surface area (Å²) < 4.78 is 6.28. The maximum atomic E-state index is 9.93. The van der Waals surface area contributed by atoms with Gasteiger partial charge in [0.2, 0.25) is 0 Å². The van der Waals surface area contributed by atoms with Crippen molar-refractivity contribution in [3.8, 4) is 11.5 Å². The Morgan fingerprint density at radius 1 is 1.05 bits per heavy atom. The molecular formula is C20H24O2. The van der Waals surface area contributed by atoms with Crippen molar-refractivity contribution >= 4 is 0 Å². The number of phenolic OH excluding ortho intramolecular Hbond substituents is 1. The summed E-state index contributed by atoms with van der Waals surface area (Å²) in [4.78, 5) is 0. The number of benzene rings is 2. The second kappa shape index (κ2) is 6.87.